The minimum atomic E-state index is -0.352. The minimum absolute atomic E-state index is 0.219. The van der Waals surface area contributed by atoms with Gasteiger partial charge in [-0.25, -0.2) is 0 Å². The first kappa shape index (κ1) is 5.82. The van der Waals surface area contributed by atoms with Gasteiger partial charge in [-0.2, -0.15) is 0 Å². The van der Waals surface area contributed by atoms with E-state index >= 15 is 0 Å². The largest absolute Gasteiger partial charge is 0.589 e. The number of alkyl halides is 1. The van der Waals surface area contributed by atoms with Crippen molar-refractivity contribution in [1.82, 2.24) is 0 Å². The lowest BCUT2D eigenvalue weighted by molar-refractivity contribution is -0.365. The first-order valence-electron chi connectivity index (χ1n) is 1.32. The van der Waals surface area contributed by atoms with Crippen LogP contribution in [0.25, 0.3) is 0 Å². The van der Waals surface area contributed by atoms with Crippen molar-refractivity contribution < 1.29 is 9.22 Å². The average molecular weight is 152 g/mol. The molecule has 3 heteroatoms. The van der Waals surface area contributed by atoms with E-state index < -0.39 is 0 Å². The van der Waals surface area contributed by atoms with E-state index in [9.17, 15) is 4.79 Å². The predicted molar refractivity (Wildman–Crippen MR) is 25.9 cm³/mol. The molecule has 0 aliphatic carbocycles. The van der Waals surface area contributed by atoms with E-state index in [-0.39, 0.29) is 11.3 Å². The monoisotopic (exact) mass is 151 g/mol. The Morgan fingerprint density at radius 3 is 2.50 bits per heavy atom. The van der Waals surface area contributed by atoms with Gasteiger partial charge in [0, 0.05) is 4.79 Å². The van der Waals surface area contributed by atoms with Crippen LogP contribution in [0.5, 0.6) is 0 Å². The third kappa shape index (κ3) is 2.08. The van der Waals surface area contributed by atoms with Crippen molar-refractivity contribution in [1.29, 1.82) is 0 Å². The van der Waals surface area contributed by atoms with Crippen LogP contribution in [0.4, 0.5) is 0 Å². The number of halogens is 1. The summed E-state index contributed by atoms with van der Waals surface area (Å²) in [7, 11) is 0. The molecule has 0 aromatic carbocycles. The zero-order valence-corrected chi connectivity index (χ0v) is 4.69. The third-order valence-corrected chi connectivity index (χ3v) is 0.728. The predicted octanol–water partition coefficient (Wildman–Crippen LogP) is 0.272. The highest BCUT2D eigenvalue weighted by Gasteiger charge is 2.04. The van der Waals surface area contributed by atoms with E-state index in [0.29, 0.717) is 0 Å². The maximum absolute atomic E-state index is 9.85. The molecule has 0 heterocycles. The number of carbonyl (C=O) groups excluding carboxylic acids is 2. The fraction of sp³-hybridized carbons (Fsp3) is 0.333. The normalized spacial score (nSPS) is 7.50. The molecule has 0 aliphatic heterocycles. The molecule has 6 heavy (non-hydrogen) atoms. The molecule has 0 amide bonds. The van der Waals surface area contributed by atoms with Crippen LogP contribution in [0.3, 0.4) is 0 Å². The van der Waals surface area contributed by atoms with Crippen LogP contribution in [0.15, 0.2) is 0 Å². The van der Waals surface area contributed by atoms with Crippen LogP contribution in [0.1, 0.15) is 0 Å². The number of hydrogen-bond acceptors (Lipinski definition) is 1. The maximum atomic E-state index is 9.85. The molecule has 0 radical (unpaired) electrons. The molecule has 2 nitrogen and oxygen atoms in total. The highest BCUT2D eigenvalue weighted by atomic mass is 79.9. The van der Waals surface area contributed by atoms with Crippen LogP contribution in [0.2, 0.25) is 0 Å². The van der Waals surface area contributed by atoms with E-state index in [4.69, 9.17) is 0 Å². The molecule has 0 aliphatic rings. The summed E-state index contributed by atoms with van der Waals surface area (Å²) >= 11 is 2.86. The summed E-state index contributed by atoms with van der Waals surface area (Å²) in [6.45, 7) is 2.88. The lowest BCUT2D eigenvalue weighted by atomic mass is 10.8. The Kier molecular flexibility index (Phi) is 2.94. The van der Waals surface area contributed by atoms with Crippen LogP contribution < -0.4 is 0 Å². The van der Waals surface area contributed by atoms with Crippen molar-refractivity contribution in [3.05, 3.63) is 0 Å². The molecule has 34 valence electrons. The topological polar surface area (TPSA) is 28.4 Å². The average Bonchev–Trinajstić information content (AvgIpc) is 1.65. The van der Waals surface area contributed by atoms with Gasteiger partial charge in [0.2, 0.25) is 0 Å². The summed E-state index contributed by atoms with van der Waals surface area (Å²) in [4.78, 5) is 9.85. The Hall–Kier alpha value is -0.180. The lowest BCUT2D eigenvalue weighted by Crippen LogP contribution is -1.95. The number of carbonyl (C=O) groups is 1. The zero-order valence-electron chi connectivity index (χ0n) is 3.11. The Labute approximate surface area is 44.0 Å². The van der Waals surface area contributed by atoms with Crippen molar-refractivity contribution in [3.8, 4) is 0 Å². The van der Waals surface area contributed by atoms with E-state index in [2.05, 4.69) is 27.1 Å². The summed E-state index contributed by atoms with van der Waals surface area (Å²) in [5, 5.41) is 0.219. The van der Waals surface area contributed by atoms with E-state index in [1.54, 1.807) is 0 Å². The van der Waals surface area contributed by atoms with Crippen LogP contribution >= 0.6 is 15.9 Å². The van der Waals surface area contributed by atoms with Gasteiger partial charge in [-0.15, -0.1) is 0 Å². The molecule has 0 unspecified atom stereocenters. The fourth-order valence-electron chi connectivity index (χ4n) is 0.0386. The summed E-state index contributed by atoms with van der Waals surface area (Å²) < 4.78 is 3.96. The van der Waals surface area contributed by atoms with Gasteiger partial charge in [0.15, 0.2) is 12.1 Å². The van der Waals surface area contributed by atoms with Crippen molar-refractivity contribution in [2.75, 3.05) is 5.33 Å². The fourth-order valence-corrected chi connectivity index (χ4v) is 0.200. The molecular weight excluding hydrogens is 148 g/mol. The number of rotatable bonds is 1. The van der Waals surface area contributed by atoms with Gasteiger partial charge < -0.3 is 0 Å². The Morgan fingerprint density at radius 1 is 2.00 bits per heavy atom. The molecule has 0 aromatic heterocycles. The van der Waals surface area contributed by atoms with E-state index in [1.807, 2.05) is 0 Å². The van der Waals surface area contributed by atoms with Crippen molar-refractivity contribution >= 4 is 28.7 Å². The standard InChI is InChI=1S/C3H4BrO2/c1-6-3(5)2-4/h1-2H2/q+1. The minimum Gasteiger partial charge on any atom is -0.288 e. The molecule has 0 spiro atoms. The Bertz CT molecular complexity index is 69.2. The van der Waals surface area contributed by atoms with Gasteiger partial charge in [-0.3, -0.25) is 4.42 Å². The molecule has 0 atom stereocenters. The zero-order chi connectivity index (χ0) is 4.99. The quantitative estimate of drug-likeness (QED) is 0.391. The van der Waals surface area contributed by atoms with E-state index in [0.717, 1.165) is 0 Å². The number of hydrogen-bond donors (Lipinski definition) is 0. The van der Waals surface area contributed by atoms with Crippen molar-refractivity contribution in [3.63, 3.8) is 0 Å². The lowest BCUT2D eigenvalue weighted by Gasteiger charge is -1.59. The summed E-state index contributed by atoms with van der Waals surface area (Å²) in [5.41, 5.74) is 0. The van der Waals surface area contributed by atoms with Gasteiger partial charge in [0.05, 0.1) is 0 Å². The molecule has 0 saturated carbocycles. The van der Waals surface area contributed by atoms with Crippen LogP contribution in [-0.4, -0.2) is 18.1 Å². The molecule has 0 bridgehead atoms. The molecule has 0 saturated heterocycles. The van der Waals surface area contributed by atoms with Crippen LogP contribution in [0, 0.1) is 0 Å². The second kappa shape index (κ2) is 3.03. The van der Waals surface area contributed by atoms with Crippen LogP contribution in [-0.2, 0) is 9.22 Å². The molecule has 0 N–H and O–H groups in total. The molecule has 0 fully saturated rings. The summed E-state index contributed by atoms with van der Waals surface area (Å²) in [6, 6.07) is 0. The second-order valence-corrected chi connectivity index (χ2v) is 1.21. The highest BCUT2D eigenvalue weighted by molar-refractivity contribution is 9.09. The SMILES string of the molecule is C=[O+]C(=O)CBr. The third-order valence-electron chi connectivity index (χ3n) is 0.270. The summed E-state index contributed by atoms with van der Waals surface area (Å²) in [6.07, 6.45) is 0. The first-order chi connectivity index (χ1) is 2.81. The molecule has 0 aromatic rings. The second-order valence-electron chi connectivity index (χ2n) is 0.650. The Morgan fingerprint density at radius 2 is 2.50 bits per heavy atom. The van der Waals surface area contributed by atoms with Gasteiger partial charge in [-0.1, -0.05) is 15.9 Å². The summed E-state index contributed by atoms with van der Waals surface area (Å²) in [5.74, 6) is -0.352. The smallest absolute Gasteiger partial charge is 0.288 e. The molecular formula is C3H4BrO2+. The Balaban J connectivity index is 3.23. The van der Waals surface area contributed by atoms with Gasteiger partial charge in [-0.05, 0) is 0 Å². The van der Waals surface area contributed by atoms with Gasteiger partial charge in [0.25, 0.3) is 0 Å². The van der Waals surface area contributed by atoms with E-state index in [1.165, 1.54) is 0 Å². The van der Waals surface area contributed by atoms with Gasteiger partial charge >= 0.3 is 5.97 Å². The van der Waals surface area contributed by atoms with Gasteiger partial charge in [0.1, 0.15) is 0 Å². The first-order valence-corrected chi connectivity index (χ1v) is 2.44. The van der Waals surface area contributed by atoms with Crippen molar-refractivity contribution in [2.45, 2.75) is 0 Å². The molecule has 0 rings (SSSR count). The highest BCUT2D eigenvalue weighted by Crippen LogP contribution is 1.76. The maximum Gasteiger partial charge on any atom is 0.589 e. The van der Waals surface area contributed by atoms with Crippen molar-refractivity contribution in [2.24, 2.45) is 0 Å².